The van der Waals surface area contributed by atoms with Crippen LogP contribution >= 0.6 is 0 Å². The molecule has 0 radical (unpaired) electrons. The van der Waals surface area contributed by atoms with E-state index < -0.39 is 0 Å². The zero-order valence-electron chi connectivity index (χ0n) is 10.9. The number of nitrogens with one attached hydrogen (secondary N) is 1. The number of β-amino-alcohol motifs (C(OH)–C–C–N with tert-alkyl or cyclic N) is 1. The first-order valence-corrected chi connectivity index (χ1v) is 6.36. The van der Waals surface area contributed by atoms with E-state index in [2.05, 4.69) is 5.32 Å². The van der Waals surface area contributed by atoms with Crippen molar-refractivity contribution in [1.82, 2.24) is 4.90 Å². The Morgan fingerprint density at radius 3 is 2.79 bits per heavy atom. The highest BCUT2D eigenvalue weighted by molar-refractivity contribution is 6.04. The number of hydrogen-bond acceptors (Lipinski definition) is 4. The Bertz CT molecular complexity index is 487. The Hall–Kier alpha value is -1.72. The monoisotopic (exact) mass is 262 g/mol. The molecule has 1 aromatic rings. The van der Waals surface area contributed by atoms with Gasteiger partial charge in [0.2, 0.25) is 5.91 Å². The van der Waals surface area contributed by atoms with Crippen molar-refractivity contribution in [3.8, 4) is 0 Å². The summed E-state index contributed by atoms with van der Waals surface area (Å²) in [5.41, 5.74) is 1.05. The molecule has 1 fully saturated rings. The highest BCUT2D eigenvalue weighted by Gasteiger charge is 2.22. The second-order valence-corrected chi connectivity index (χ2v) is 4.83. The van der Waals surface area contributed by atoms with Gasteiger partial charge < -0.3 is 10.4 Å². The maximum atomic E-state index is 11.9. The molecule has 1 aliphatic rings. The van der Waals surface area contributed by atoms with Gasteiger partial charge in [-0.05, 0) is 25.5 Å². The summed E-state index contributed by atoms with van der Waals surface area (Å²) < 4.78 is 0. The lowest BCUT2D eigenvalue weighted by Crippen LogP contribution is -2.32. The predicted molar refractivity (Wildman–Crippen MR) is 72.1 cm³/mol. The predicted octanol–water partition coefficient (Wildman–Crippen LogP) is 0.894. The number of rotatable bonds is 4. The summed E-state index contributed by atoms with van der Waals surface area (Å²) in [6.45, 7) is 2.97. The first-order valence-electron chi connectivity index (χ1n) is 6.36. The van der Waals surface area contributed by atoms with Crippen LogP contribution < -0.4 is 5.32 Å². The first kappa shape index (κ1) is 13.7. The number of aliphatic hydroxyl groups excluding tert-OH is 1. The van der Waals surface area contributed by atoms with Crippen molar-refractivity contribution in [2.75, 3.05) is 25.0 Å². The topological polar surface area (TPSA) is 69.6 Å². The van der Waals surface area contributed by atoms with Crippen LogP contribution in [0.2, 0.25) is 0 Å². The average molecular weight is 262 g/mol. The number of benzene rings is 1. The SMILES string of the molecule is CC(=O)c1ccccc1NC(=O)CN1CCC(O)C1. The third-order valence-corrected chi connectivity index (χ3v) is 3.20. The Morgan fingerprint density at radius 1 is 1.42 bits per heavy atom. The van der Waals surface area contributed by atoms with E-state index in [9.17, 15) is 14.7 Å². The van der Waals surface area contributed by atoms with Crippen LogP contribution in [0.4, 0.5) is 5.69 Å². The van der Waals surface area contributed by atoms with Crippen molar-refractivity contribution in [3.63, 3.8) is 0 Å². The maximum Gasteiger partial charge on any atom is 0.238 e. The highest BCUT2D eigenvalue weighted by atomic mass is 16.3. The molecule has 1 saturated heterocycles. The Balaban J connectivity index is 1.97. The fraction of sp³-hybridized carbons (Fsp3) is 0.429. The number of nitrogens with zero attached hydrogens (tertiary/aromatic N) is 1. The fourth-order valence-corrected chi connectivity index (χ4v) is 2.25. The zero-order valence-corrected chi connectivity index (χ0v) is 10.9. The van der Waals surface area contributed by atoms with Gasteiger partial charge >= 0.3 is 0 Å². The van der Waals surface area contributed by atoms with Crippen molar-refractivity contribution in [2.24, 2.45) is 0 Å². The van der Waals surface area contributed by atoms with Crippen LogP contribution in [0.1, 0.15) is 23.7 Å². The number of likely N-dealkylation sites (tertiary alicyclic amines) is 1. The van der Waals surface area contributed by atoms with E-state index in [1.165, 1.54) is 6.92 Å². The minimum absolute atomic E-state index is 0.0764. The zero-order chi connectivity index (χ0) is 13.8. The van der Waals surface area contributed by atoms with Gasteiger partial charge in [-0.1, -0.05) is 12.1 Å². The summed E-state index contributed by atoms with van der Waals surface area (Å²) in [4.78, 5) is 25.2. The number of hydrogen-bond donors (Lipinski definition) is 2. The van der Waals surface area contributed by atoms with Crippen molar-refractivity contribution >= 4 is 17.4 Å². The van der Waals surface area contributed by atoms with Gasteiger partial charge in [0.25, 0.3) is 0 Å². The summed E-state index contributed by atoms with van der Waals surface area (Å²) in [5.74, 6) is -0.240. The molecule has 1 aromatic carbocycles. The largest absolute Gasteiger partial charge is 0.392 e. The lowest BCUT2D eigenvalue weighted by molar-refractivity contribution is -0.117. The molecule has 1 amide bonds. The van der Waals surface area contributed by atoms with Gasteiger partial charge in [-0.2, -0.15) is 0 Å². The van der Waals surface area contributed by atoms with E-state index in [4.69, 9.17) is 0 Å². The van der Waals surface area contributed by atoms with Crippen LogP contribution in [0.25, 0.3) is 0 Å². The molecule has 102 valence electrons. The number of carbonyl (C=O) groups excluding carboxylic acids is 2. The summed E-state index contributed by atoms with van der Waals surface area (Å²) in [5, 5.41) is 12.2. The molecule has 0 spiro atoms. The van der Waals surface area contributed by atoms with Crippen molar-refractivity contribution in [2.45, 2.75) is 19.4 Å². The van der Waals surface area contributed by atoms with E-state index in [1.807, 2.05) is 4.90 Å². The van der Waals surface area contributed by atoms with Crippen LogP contribution in [0.15, 0.2) is 24.3 Å². The first-order chi connectivity index (χ1) is 9.06. The smallest absolute Gasteiger partial charge is 0.238 e. The van der Waals surface area contributed by atoms with Crippen LogP contribution in [-0.4, -0.2) is 47.4 Å². The Kier molecular flexibility index (Phi) is 4.29. The number of aliphatic hydroxyl groups is 1. The molecule has 0 saturated carbocycles. The lowest BCUT2D eigenvalue weighted by Gasteiger charge is -2.15. The number of amides is 1. The second kappa shape index (κ2) is 5.95. The van der Waals surface area contributed by atoms with Gasteiger partial charge in [0, 0.05) is 18.7 Å². The molecule has 1 atom stereocenters. The van der Waals surface area contributed by atoms with E-state index in [1.54, 1.807) is 24.3 Å². The van der Waals surface area contributed by atoms with Crippen LogP contribution in [0.3, 0.4) is 0 Å². The third-order valence-electron chi connectivity index (χ3n) is 3.20. The number of anilines is 1. The molecular formula is C14H18N2O3. The number of Topliss-reactive ketones (excluding diaryl/α,β-unsaturated/α-hetero) is 1. The highest BCUT2D eigenvalue weighted by Crippen LogP contribution is 2.16. The summed E-state index contributed by atoms with van der Waals surface area (Å²) in [6.07, 6.45) is 0.370. The maximum absolute atomic E-state index is 11.9. The molecule has 2 N–H and O–H groups in total. The summed E-state index contributed by atoms with van der Waals surface area (Å²) >= 11 is 0. The van der Waals surface area contributed by atoms with Gasteiger partial charge in [-0.3, -0.25) is 14.5 Å². The number of ketones is 1. The van der Waals surface area contributed by atoms with Crippen LogP contribution in [0.5, 0.6) is 0 Å². The van der Waals surface area contributed by atoms with Crippen molar-refractivity contribution in [1.29, 1.82) is 0 Å². The summed E-state index contributed by atoms with van der Waals surface area (Å²) in [7, 11) is 0. The quantitative estimate of drug-likeness (QED) is 0.791. The van der Waals surface area contributed by atoms with Crippen molar-refractivity contribution < 1.29 is 14.7 Å². The second-order valence-electron chi connectivity index (χ2n) is 4.83. The molecule has 0 aliphatic carbocycles. The van der Waals surface area contributed by atoms with Gasteiger partial charge in [0.15, 0.2) is 5.78 Å². The van der Waals surface area contributed by atoms with Gasteiger partial charge in [0.05, 0.1) is 18.3 Å². The number of carbonyl (C=O) groups is 2. The van der Waals surface area contributed by atoms with E-state index in [-0.39, 0.29) is 24.3 Å². The standard InChI is InChI=1S/C14H18N2O3/c1-10(17)12-4-2-3-5-13(12)15-14(19)9-16-7-6-11(18)8-16/h2-5,11,18H,6-9H2,1H3,(H,15,19). The molecule has 0 aromatic heterocycles. The molecule has 19 heavy (non-hydrogen) atoms. The average Bonchev–Trinajstić information content (AvgIpc) is 2.75. The minimum Gasteiger partial charge on any atom is -0.392 e. The van der Waals surface area contributed by atoms with E-state index in [0.717, 1.165) is 6.54 Å². The molecule has 1 aliphatic heterocycles. The van der Waals surface area contributed by atoms with Gasteiger partial charge in [-0.25, -0.2) is 0 Å². The van der Waals surface area contributed by atoms with Gasteiger partial charge in [0.1, 0.15) is 0 Å². The summed E-state index contributed by atoms with van der Waals surface area (Å²) in [6, 6.07) is 6.95. The molecule has 0 bridgehead atoms. The Labute approximate surface area is 112 Å². The normalized spacial score (nSPS) is 19.4. The van der Waals surface area contributed by atoms with E-state index >= 15 is 0 Å². The molecule has 1 unspecified atom stereocenters. The van der Waals surface area contributed by atoms with Crippen molar-refractivity contribution in [3.05, 3.63) is 29.8 Å². The van der Waals surface area contributed by atoms with E-state index in [0.29, 0.717) is 24.2 Å². The molecular weight excluding hydrogens is 244 g/mol. The Morgan fingerprint density at radius 2 is 2.16 bits per heavy atom. The fourth-order valence-electron chi connectivity index (χ4n) is 2.25. The third kappa shape index (κ3) is 3.62. The van der Waals surface area contributed by atoms with Crippen LogP contribution in [0, 0.1) is 0 Å². The molecule has 1 heterocycles. The molecule has 2 rings (SSSR count). The van der Waals surface area contributed by atoms with Crippen LogP contribution in [-0.2, 0) is 4.79 Å². The minimum atomic E-state index is -0.336. The lowest BCUT2D eigenvalue weighted by atomic mass is 10.1. The molecule has 5 heteroatoms. The molecule has 5 nitrogen and oxygen atoms in total. The van der Waals surface area contributed by atoms with Gasteiger partial charge in [-0.15, -0.1) is 0 Å². The number of para-hydroxylation sites is 1.